The summed E-state index contributed by atoms with van der Waals surface area (Å²) >= 11 is -0.255. The molecular formula is C22H26IO-. The fourth-order valence-electron chi connectivity index (χ4n) is 2.70. The Kier molecular flexibility index (Phi) is 7.22. The first-order valence-corrected chi connectivity index (χ1v) is 10.7. The van der Waals surface area contributed by atoms with Crippen LogP contribution in [0.3, 0.4) is 0 Å². The molecule has 24 heavy (non-hydrogen) atoms. The standard InChI is InChI=1S/C22H26IO/c1-16-8-5-11-20(14-16)22(21-12-6-9-17(2)15-21)23-19(4)18(3)10-7-13-24/h5-6,8-9,11-15,18,22H,4,7,10H2,1-3H3/q-1. The van der Waals surface area contributed by atoms with Gasteiger partial charge in [0.25, 0.3) is 0 Å². The molecule has 2 rings (SSSR count). The van der Waals surface area contributed by atoms with Gasteiger partial charge in [-0.05, 0) is 0 Å². The Morgan fingerprint density at radius 3 is 2.08 bits per heavy atom. The number of aldehydes is 1. The Balaban J connectivity index is 2.29. The van der Waals surface area contributed by atoms with Crippen LogP contribution in [0.25, 0.3) is 0 Å². The molecule has 0 spiro atoms. The molecule has 128 valence electrons. The zero-order chi connectivity index (χ0) is 17.5. The molecule has 1 atom stereocenters. The van der Waals surface area contributed by atoms with Gasteiger partial charge in [-0.1, -0.05) is 0 Å². The van der Waals surface area contributed by atoms with Crippen LogP contribution in [0.2, 0.25) is 0 Å². The zero-order valence-electron chi connectivity index (χ0n) is 14.8. The van der Waals surface area contributed by atoms with Crippen molar-refractivity contribution in [3.8, 4) is 0 Å². The molecule has 0 radical (unpaired) electrons. The molecule has 0 amide bonds. The first-order chi connectivity index (χ1) is 11.5. The van der Waals surface area contributed by atoms with Crippen LogP contribution in [0.15, 0.2) is 58.7 Å². The van der Waals surface area contributed by atoms with Gasteiger partial charge in [0, 0.05) is 0 Å². The minimum absolute atomic E-state index is 0.255. The fourth-order valence-corrected chi connectivity index (χ4v) is 5.92. The molecule has 0 fully saturated rings. The van der Waals surface area contributed by atoms with E-state index in [-0.39, 0.29) is 21.2 Å². The molecule has 0 N–H and O–H groups in total. The molecule has 2 heteroatoms. The van der Waals surface area contributed by atoms with Crippen LogP contribution in [-0.2, 0) is 4.79 Å². The quantitative estimate of drug-likeness (QED) is 0.356. The second kappa shape index (κ2) is 9.16. The van der Waals surface area contributed by atoms with E-state index < -0.39 is 0 Å². The van der Waals surface area contributed by atoms with E-state index in [0.717, 1.165) is 12.7 Å². The molecule has 0 saturated heterocycles. The van der Waals surface area contributed by atoms with Crippen LogP contribution in [0.5, 0.6) is 0 Å². The first kappa shape index (κ1) is 18.9. The van der Waals surface area contributed by atoms with Gasteiger partial charge in [-0.15, -0.1) is 0 Å². The van der Waals surface area contributed by atoms with E-state index in [1.807, 2.05) is 0 Å². The van der Waals surface area contributed by atoms with Crippen LogP contribution in [0, 0.1) is 19.8 Å². The van der Waals surface area contributed by atoms with Crippen molar-refractivity contribution in [3.05, 3.63) is 80.9 Å². The minimum atomic E-state index is -0.255. The summed E-state index contributed by atoms with van der Waals surface area (Å²) in [6, 6.07) is 17.7. The van der Waals surface area contributed by atoms with Crippen LogP contribution >= 0.6 is 0 Å². The van der Waals surface area contributed by atoms with E-state index in [1.165, 1.54) is 25.8 Å². The second-order valence-electron chi connectivity index (χ2n) is 6.39. The molecule has 0 aliphatic heterocycles. The summed E-state index contributed by atoms with van der Waals surface area (Å²) in [5.41, 5.74) is 5.37. The molecule has 1 unspecified atom stereocenters. The predicted molar refractivity (Wildman–Crippen MR) is 97.8 cm³/mol. The molecule has 0 aliphatic carbocycles. The van der Waals surface area contributed by atoms with Crippen molar-refractivity contribution in [2.75, 3.05) is 0 Å². The van der Waals surface area contributed by atoms with E-state index in [9.17, 15) is 4.79 Å². The molecule has 2 aromatic carbocycles. The predicted octanol–water partition coefficient (Wildman–Crippen LogP) is 2.61. The zero-order valence-corrected chi connectivity index (χ0v) is 16.9. The number of aryl methyl sites for hydroxylation is 2. The number of hydrogen-bond acceptors (Lipinski definition) is 1. The van der Waals surface area contributed by atoms with Crippen molar-refractivity contribution in [2.45, 2.75) is 37.5 Å². The molecule has 0 bridgehead atoms. The number of benzene rings is 2. The molecule has 0 aliphatic rings. The topological polar surface area (TPSA) is 17.1 Å². The molecule has 1 nitrogen and oxygen atoms in total. The Labute approximate surface area is 156 Å². The summed E-state index contributed by atoms with van der Waals surface area (Å²) in [6.45, 7) is 10.9. The number of alkyl halides is 1. The fraction of sp³-hybridized carbons (Fsp3) is 0.318. The van der Waals surface area contributed by atoms with Crippen LogP contribution in [-0.4, -0.2) is 6.29 Å². The van der Waals surface area contributed by atoms with Crippen molar-refractivity contribution in [1.82, 2.24) is 0 Å². The number of rotatable bonds is 8. The van der Waals surface area contributed by atoms with E-state index in [4.69, 9.17) is 0 Å². The molecule has 2 aromatic rings. The Morgan fingerprint density at radius 1 is 1.08 bits per heavy atom. The van der Waals surface area contributed by atoms with E-state index in [0.29, 0.717) is 16.3 Å². The molecular weight excluding hydrogens is 407 g/mol. The van der Waals surface area contributed by atoms with Crippen molar-refractivity contribution >= 4 is 6.29 Å². The van der Waals surface area contributed by atoms with Gasteiger partial charge in [-0.3, -0.25) is 0 Å². The maximum absolute atomic E-state index is 10.7. The van der Waals surface area contributed by atoms with Crippen molar-refractivity contribution in [3.63, 3.8) is 0 Å². The Bertz CT molecular complexity index is 659. The number of carbonyl (C=O) groups is 1. The Hall–Kier alpha value is -1.42. The summed E-state index contributed by atoms with van der Waals surface area (Å²) < 4.78 is 1.76. The summed E-state index contributed by atoms with van der Waals surface area (Å²) in [5.74, 6) is 0.417. The van der Waals surface area contributed by atoms with Gasteiger partial charge in [-0.25, -0.2) is 0 Å². The summed E-state index contributed by atoms with van der Waals surface area (Å²) in [5, 5.41) is 0. The van der Waals surface area contributed by atoms with Crippen LogP contribution in [0.4, 0.5) is 0 Å². The van der Waals surface area contributed by atoms with Gasteiger partial charge in [0.1, 0.15) is 0 Å². The molecule has 0 heterocycles. The summed E-state index contributed by atoms with van der Waals surface area (Å²) in [7, 11) is 0. The third-order valence-electron chi connectivity index (χ3n) is 4.17. The first-order valence-electron chi connectivity index (χ1n) is 8.40. The normalized spacial score (nSPS) is 12.3. The van der Waals surface area contributed by atoms with E-state index >= 15 is 0 Å². The Morgan fingerprint density at radius 2 is 1.62 bits per heavy atom. The third-order valence-corrected chi connectivity index (χ3v) is 8.10. The van der Waals surface area contributed by atoms with Crippen LogP contribution in [0.1, 0.15) is 45.9 Å². The monoisotopic (exact) mass is 433 g/mol. The van der Waals surface area contributed by atoms with E-state index in [2.05, 4.69) is 75.9 Å². The van der Waals surface area contributed by atoms with Gasteiger partial charge in [-0.2, -0.15) is 0 Å². The SMILES string of the molecule is C=C([I-]C(c1cccc(C)c1)c1cccc(C)c1)C(C)CCC=O. The van der Waals surface area contributed by atoms with Crippen molar-refractivity contribution in [2.24, 2.45) is 5.92 Å². The van der Waals surface area contributed by atoms with Gasteiger partial charge in [0.15, 0.2) is 0 Å². The van der Waals surface area contributed by atoms with Gasteiger partial charge >= 0.3 is 157 Å². The number of allylic oxidation sites excluding steroid dienone is 1. The second-order valence-corrected chi connectivity index (χ2v) is 9.65. The average Bonchev–Trinajstić information content (AvgIpc) is 2.57. The number of carbonyl (C=O) groups excluding carboxylic acids is 1. The third kappa shape index (κ3) is 5.30. The summed E-state index contributed by atoms with van der Waals surface area (Å²) in [4.78, 5) is 10.7. The maximum atomic E-state index is 10.7. The van der Waals surface area contributed by atoms with E-state index in [1.54, 1.807) is 0 Å². The van der Waals surface area contributed by atoms with Gasteiger partial charge in [0.2, 0.25) is 0 Å². The van der Waals surface area contributed by atoms with Gasteiger partial charge < -0.3 is 0 Å². The van der Waals surface area contributed by atoms with Crippen molar-refractivity contribution in [1.29, 1.82) is 0 Å². The van der Waals surface area contributed by atoms with Crippen LogP contribution < -0.4 is 21.2 Å². The molecule has 0 saturated carbocycles. The summed E-state index contributed by atoms with van der Waals surface area (Å²) in [6.07, 6.45) is 2.56. The number of hydrogen-bond donors (Lipinski definition) is 0. The average molecular weight is 433 g/mol. The van der Waals surface area contributed by atoms with Crippen molar-refractivity contribution < 1.29 is 26.0 Å². The molecule has 0 aromatic heterocycles. The van der Waals surface area contributed by atoms with Gasteiger partial charge in [0.05, 0.1) is 0 Å². The number of halogens is 1.